The lowest BCUT2D eigenvalue weighted by atomic mass is 9.91. The molecular formula is C24H27N5O5S. The molecule has 0 saturated carbocycles. The van der Waals surface area contributed by atoms with E-state index in [-0.39, 0.29) is 28.8 Å². The maximum absolute atomic E-state index is 12.9. The minimum absolute atomic E-state index is 0.0432. The molecule has 1 atom stereocenters. The maximum Gasteiger partial charge on any atom is 0.341 e. The number of ether oxygens (including phenoxy) is 1. The van der Waals surface area contributed by atoms with Crippen LogP contribution >= 0.6 is 11.5 Å². The Labute approximate surface area is 205 Å². The number of carboxylic acids is 1. The second-order valence-electron chi connectivity index (χ2n) is 9.22. The Morgan fingerprint density at radius 2 is 2.09 bits per heavy atom. The Bertz CT molecular complexity index is 1310. The zero-order chi connectivity index (χ0) is 24.5. The predicted octanol–water partition coefficient (Wildman–Crippen LogP) is 2.99. The van der Waals surface area contributed by atoms with Crippen molar-refractivity contribution in [3.63, 3.8) is 0 Å². The highest BCUT2D eigenvalue weighted by Gasteiger charge is 2.34. The van der Waals surface area contributed by atoms with Gasteiger partial charge in [-0.2, -0.15) is 4.37 Å². The Kier molecular flexibility index (Phi) is 6.61. The van der Waals surface area contributed by atoms with E-state index in [9.17, 15) is 19.5 Å². The van der Waals surface area contributed by atoms with Crippen LogP contribution in [0.2, 0.25) is 0 Å². The van der Waals surface area contributed by atoms with Gasteiger partial charge in [-0.1, -0.05) is 12.8 Å². The van der Waals surface area contributed by atoms with E-state index in [0.29, 0.717) is 41.7 Å². The van der Waals surface area contributed by atoms with E-state index >= 15 is 0 Å². The van der Waals surface area contributed by atoms with Crippen LogP contribution in [0, 0.1) is 12.8 Å². The number of hydrogen-bond donors (Lipinski definition) is 1. The summed E-state index contributed by atoms with van der Waals surface area (Å²) in [4.78, 5) is 48.2. The molecule has 10 nitrogen and oxygen atoms in total. The number of pyridine rings is 2. The molecule has 0 aliphatic carbocycles. The van der Waals surface area contributed by atoms with Crippen molar-refractivity contribution in [1.82, 2.24) is 18.9 Å². The molecule has 0 spiro atoms. The van der Waals surface area contributed by atoms with Gasteiger partial charge in [-0.05, 0) is 37.8 Å². The summed E-state index contributed by atoms with van der Waals surface area (Å²) in [5.41, 5.74) is 0.0171. The summed E-state index contributed by atoms with van der Waals surface area (Å²) in [6, 6.07) is 1.78. The lowest BCUT2D eigenvalue weighted by Gasteiger charge is -2.39. The number of nitrogens with zero attached hydrogens (tertiary/aromatic N) is 5. The van der Waals surface area contributed by atoms with Gasteiger partial charge in [0.2, 0.25) is 10.6 Å². The van der Waals surface area contributed by atoms with Crippen molar-refractivity contribution in [2.24, 2.45) is 5.92 Å². The molecule has 2 fully saturated rings. The highest BCUT2D eigenvalue weighted by molar-refractivity contribution is 7.08. The third kappa shape index (κ3) is 4.70. The fourth-order valence-electron chi connectivity index (χ4n) is 4.80. The molecule has 5 heterocycles. The average Bonchev–Trinajstić information content (AvgIpc) is 3.19. The van der Waals surface area contributed by atoms with Gasteiger partial charge in [0.1, 0.15) is 23.5 Å². The first-order valence-electron chi connectivity index (χ1n) is 11.9. The fourth-order valence-corrected chi connectivity index (χ4v) is 5.31. The summed E-state index contributed by atoms with van der Waals surface area (Å²) in [5.74, 6) is -0.453. The SMILES string of the molecule is Cc1cc(N2CC(C(=O)CCC3CCCCCO3)C2)nc2c1c(=O)c(C(=O)O)cn2-c1ncns1. The molecule has 1 N–H and O–H groups in total. The van der Waals surface area contributed by atoms with Gasteiger partial charge in [0, 0.05) is 43.8 Å². The molecular weight excluding hydrogens is 470 g/mol. The van der Waals surface area contributed by atoms with Gasteiger partial charge in [-0.15, -0.1) is 0 Å². The first-order chi connectivity index (χ1) is 16.9. The fraction of sp³-hybridized carbons (Fsp3) is 0.500. The number of aromatic nitrogens is 4. The Morgan fingerprint density at radius 1 is 1.26 bits per heavy atom. The highest BCUT2D eigenvalue weighted by Crippen LogP contribution is 2.29. The van der Waals surface area contributed by atoms with Crippen LogP contribution < -0.4 is 10.3 Å². The largest absolute Gasteiger partial charge is 0.477 e. The summed E-state index contributed by atoms with van der Waals surface area (Å²) >= 11 is 1.08. The number of Topliss-reactive ketones (excluding diaryl/α,β-unsaturated/α-hetero) is 1. The van der Waals surface area contributed by atoms with E-state index in [4.69, 9.17) is 9.72 Å². The van der Waals surface area contributed by atoms with Gasteiger partial charge in [0.15, 0.2) is 5.65 Å². The molecule has 0 radical (unpaired) electrons. The average molecular weight is 498 g/mol. The van der Waals surface area contributed by atoms with Crippen molar-refractivity contribution in [3.05, 3.63) is 39.9 Å². The van der Waals surface area contributed by atoms with Crippen LogP contribution in [-0.4, -0.2) is 61.6 Å². The van der Waals surface area contributed by atoms with Crippen molar-refractivity contribution in [3.8, 4) is 5.13 Å². The molecule has 2 aliphatic rings. The van der Waals surface area contributed by atoms with Gasteiger partial charge in [-0.25, -0.2) is 14.8 Å². The molecule has 5 rings (SSSR count). The smallest absolute Gasteiger partial charge is 0.341 e. The zero-order valence-electron chi connectivity index (χ0n) is 19.5. The minimum Gasteiger partial charge on any atom is -0.477 e. The lowest BCUT2D eigenvalue weighted by molar-refractivity contribution is -0.124. The summed E-state index contributed by atoms with van der Waals surface area (Å²) in [7, 11) is 0. The van der Waals surface area contributed by atoms with Crippen molar-refractivity contribution < 1.29 is 19.4 Å². The van der Waals surface area contributed by atoms with Gasteiger partial charge < -0.3 is 14.7 Å². The van der Waals surface area contributed by atoms with Crippen molar-refractivity contribution in [2.75, 3.05) is 24.6 Å². The molecule has 11 heteroatoms. The van der Waals surface area contributed by atoms with E-state index in [2.05, 4.69) is 9.36 Å². The highest BCUT2D eigenvalue weighted by atomic mass is 32.1. The number of fused-ring (bicyclic) bond motifs is 1. The van der Waals surface area contributed by atoms with Crippen molar-refractivity contribution in [1.29, 1.82) is 0 Å². The molecule has 0 amide bonds. The van der Waals surface area contributed by atoms with E-state index < -0.39 is 11.4 Å². The Balaban J connectivity index is 1.36. The van der Waals surface area contributed by atoms with Gasteiger partial charge in [0.05, 0.1) is 17.4 Å². The van der Waals surface area contributed by atoms with Crippen LogP contribution in [0.4, 0.5) is 5.82 Å². The molecule has 1 unspecified atom stereocenters. The number of carboxylic acid groups (broad SMARTS) is 1. The van der Waals surface area contributed by atoms with Crippen molar-refractivity contribution in [2.45, 2.75) is 51.6 Å². The molecule has 0 aromatic carbocycles. The normalized spacial score (nSPS) is 18.9. The second-order valence-corrected chi connectivity index (χ2v) is 9.97. The van der Waals surface area contributed by atoms with Crippen LogP contribution in [0.5, 0.6) is 0 Å². The van der Waals surface area contributed by atoms with Crippen LogP contribution in [0.3, 0.4) is 0 Å². The van der Waals surface area contributed by atoms with Gasteiger partial charge in [-0.3, -0.25) is 14.2 Å². The van der Waals surface area contributed by atoms with E-state index in [1.807, 2.05) is 4.90 Å². The molecule has 2 aliphatic heterocycles. The summed E-state index contributed by atoms with van der Waals surface area (Å²) < 4.78 is 11.4. The number of ketones is 1. The standard InChI is InChI=1S/C24H27N5O5S/c1-14-9-19(28-10-15(11-28)18(30)7-6-16-5-3-2-4-8-34-16)27-22-20(14)21(31)17(23(32)33)12-29(22)24-25-13-26-35-24/h9,12-13,15-16H,2-8,10-11H2,1H3,(H,32,33). The van der Waals surface area contributed by atoms with Crippen LogP contribution in [-0.2, 0) is 9.53 Å². The molecule has 3 aromatic heterocycles. The summed E-state index contributed by atoms with van der Waals surface area (Å²) in [5, 5.41) is 10.2. The van der Waals surface area contributed by atoms with Gasteiger partial charge >= 0.3 is 5.97 Å². The number of carbonyl (C=O) groups is 2. The molecule has 184 valence electrons. The number of anilines is 1. The maximum atomic E-state index is 12.9. The van der Waals surface area contributed by atoms with Crippen LogP contribution in [0.25, 0.3) is 16.2 Å². The minimum atomic E-state index is -1.31. The quantitative estimate of drug-likeness (QED) is 0.524. The molecule has 35 heavy (non-hydrogen) atoms. The monoisotopic (exact) mass is 497 g/mol. The van der Waals surface area contributed by atoms with E-state index in [0.717, 1.165) is 37.4 Å². The predicted molar refractivity (Wildman–Crippen MR) is 131 cm³/mol. The third-order valence-corrected chi connectivity index (χ3v) is 7.49. The molecule has 2 saturated heterocycles. The van der Waals surface area contributed by atoms with Crippen molar-refractivity contribution >= 4 is 40.1 Å². The van der Waals surface area contributed by atoms with E-state index in [1.54, 1.807) is 13.0 Å². The Morgan fingerprint density at radius 3 is 2.83 bits per heavy atom. The zero-order valence-corrected chi connectivity index (χ0v) is 20.3. The van der Waals surface area contributed by atoms with E-state index in [1.165, 1.54) is 29.9 Å². The number of aryl methyl sites for hydroxylation is 1. The number of rotatable bonds is 7. The second kappa shape index (κ2) is 9.82. The summed E-state index contributed by atoms with van der Waals surface area (Å²) in [6.07, 6.45) is 8.62. The first kappa shape index (κ1) is 23.6. The lowest BCUT2D eigenvalue weighted by Crippen LogP contribution is -2.51. The summed E-state index contributed by atoms with van der Waals surface area (Å²) in [6.45, 7) is 3.69. The third-order valence-electron chi connectivity index (χ3n) is 6.83. The van der Waals surface area contributed by atoms with Crippen LogP contribution in [0.1, 0.15) is 54.4 Å². The first-order valence-corrected chi connectivity index (χ1v) is 12.7. The molecule has 0 bridgehead atoms. The molecule has 3 aromatic rings. The number of aromatic carboxylic acids is 1. The van der Waals surface area contributed by atoms with Gasteiger partial charge in [0.25, 0.3) is 0 Å². The Hall–Kier alpha value is -3.18. The topological polar surface area (TPSA) is 128 Å². The van der Waals surface area contributed by atoms with Crippen LogP contribution in [0.15, 0.2) is 23.4 Å². The number of hydrogen-bond acceptors (Lipinski definition) is 9. The number of carbonyl (C=O) groups excluding carboxylic acids is 1.